The number of aromatic nitrogens is 3. The largest absolute Gasteiger partial charge is 0.348 e. The van der Waals surface area contributed by atoms with Crippen LogP contribution in [0.4, 0.5) is 5.82 Å². The molecule has 0 saturated carbocycles. The molecule has 0 atom stereocenters. The van der Waals surface area contributed by atoms with Gasteiger partial charge in [0.15, 0.2) is 0 Å². The number of carbonyl (C=O) groups is 1. The van der Waals surface area contributed by atoms with Crippen molar-refractivity contribution in [2.45, 2.75) is 36.3 Å². The standard InChI is InChI=1S/C17H22N4OS2/c1-20-16(13-11-24-12-14(13)19-20)18-15(22)10-17(4-8-23-9-5-17)21-6-2-3-7-21/h2-3,6-7H,4-5,8-12H2,1H3,(H,18,22). The van der Waals surface area contributed by atoms with Crippen LogP contribution in [0.25, 0.3) is 0 Å². The molecular formula is C17H22N4OS2. The molecule has 2 aromatic rings. The number of rotatable bonds is 4. The smallest absolute Gasteiger partial charge is 0.227 e. The SMILES string of the molecule is Cn1nc2c(c1NC(=O)CC1(n3cccc3)CCSCC1)CSC2. The van der Waals surface area contributed by atoms with Crippen molar-refractivity contribution in [3.05, 3.63) is 35.8 Å². The van der Waals surface area contributed by atoms with Crippen LogP contribution in [0, 0.1) is 0 Å². The number of hydrogen-bond acceptors (Lipinski definition) is 4. The van der Waals surface area contributed by atoms with Crippen LogP contribution in [-0.4, -0.2) is 31.8 Å². The molecule has 0 aromatic carbocycles. The Hall–Kier alpha value is -1.34. The van der Waals surface area contributed by atoms with Crippen molar-refractivity contribution in [3.63, 3.8) is 0 Å². The number of anilines is 1. The zero-order valence-corrected chi connectivity index (χ0v) is 15.5. The summed E-state index contributed by atoms with van der Waals surface area (Å²) in [7, 11) is 1.91. The second-order valence-electron chi connectivity index (χ2n) is 6.54. The van der Waals surface area contributed by atoms with E-state index >= 15 is 0 Å². The number of aryl methyl sites for hydroxylation is 1. The molecule has 1 amide bonds. The normalized spacial score (nSPS) is 19.2. The van der Waals surface area contributed by atoms with Gasteiger partial charge in [0.25, 0.3) is 0 Å². The highest BCUT2D eigenvalue weighted by Crippen LogP contribution is 2.38. The number of hydrogen-bond donors (Lipinski definition) is 1. The summed E-state index contributed by atoms with van der Waals surface area (Å²) < 4.78 is 4.07. The maximum Gasteiger partial charge on any atom is 0.227 e. The van der Waals surface area contributed by atoms with Gasteiger partial charge in [0.2, 0.25) is 5.91 Å². The maximum absolute atomic E-state index is 12.9. The highest BCUT2D eigenvalue weighted by Gasteiger charge is 2.36. The van der Waals surface area contributed by atoms with Crippen LogP contribution < -0.4 is 5.32 Å². The minimum Gasteiger partial charge on any atom is -0.348 e. The molecule has 2 aliphatic rings. The van der Waals surface area contributed by atoms with Gasteiger partial charge in [-0.3, -0.25) is 9.48 Å². The molecule has 1 fully saturated rings. The lowest BCUT2D eigenvalue weighted by Gasteiger charge is -2.38. The van der Waals surface area contributed by atoms with Crippen molar-refractivity contribution in [1.29, 1.82) is 0 Å². The second-order valence-corrected chi connectivity index (χ2v) is 8.75. The third kappa shape index (κ3) is 2.88. The Kier molecular flexibility index (Phi) is 4.39. The molecular weight excluding hydrogens is 340 g/mol. The molecule has 0 radical (unpaired) electrons. The van der Waals surface area contributed by atoms with Crippen LogP contribution in [0.15, 0.2) is 24.5 Å². The van der Waals surface area contributed by atoms with Crippen molar-refractivity contribution in [2.24, 2.45) is 7.05 Å². The monoisotopic (exact) mass is 362 g/mol. The summed E-state index contributed by atoms with van der Waals surface area (Å²) in [6.45, 7) is 0. The van der Waals surface area contributed by atoms with E-state index in [0.717, 1.165) is 47.4 Å². The molecule has 0 spiro atoms. The predicted octanol–water partition coefficient (Wildman–Crippen LogP) is 3.22. The number of carbonyl (C=O) groups excluding carboxylic acids is 1. The van der Waals surface area contributed by atoms with Crippen molar-refractivity contribution >= 4 is 35.2 Å². The summed E-state index contributed by atoms with van der Waals surface area (Å²) in [5.74, 6) is 5.10. The Morgan fingerprint density at radius 1 is 1.25 bits per heavy atom. The van der Waals surface area contributed by atoms with Gasteiger partial charge in [0, 0.05) is 36.5 Å². The minimum absolute atomic E-state index is 0.0879. The van der Waals surface area contributed by atoms with Gasteiger partial charge in [-0.25, -0.2) is 0 Å². The van der Waals surface area contributed by atoms with E-state index < -0.39 is 0 Å². The van der Waals surface area contributed by atoms with Gasteiger partial charge in [0.05, 0.1) is 17.7 Å². The lowest BCUT2D eigenvalue weighted by Crippen LogP contribution is -2.40. The van der Waals surface area contributed by atoms with Gasteiger partial charge in [-0.05, 0) is 36.5 Å². The lowest BCUT2D eigenvalue weighted by molar-refractivity contribution is -0.118. The van der Waals surface area contributed by atoms with E-state index in [1.54, 1.807) is 0 Å². The molecule has 1 N–H and O–H groups in total. The van der Waals surface area contributed by atoms with Crippen LogP contribution in [0.5, 0.6) is 0 Å². The van der Waals surface area contributed by atoms with Gasteiger partial charge in [-0.1, -0.05) is 0 Å². The van der Waals surface area contributed by atoms with Gasteiger partial charge in [-0.15, -0.1) is 0 Å². The minimum atomic E-state index is -0.0879. The fraction of sp³-hybridized carbons (Fsp3) is 0.529. The lowest BCUT2D eigenvalue weighted by atomic mass is 9.87. The first kappa shape index (κ1) is 16.1. The number of amides is 1. The molecule has 1 saturated heterocycles. The average Bonchev–Trinajstić information content (AvgIpc) is 3.29. The maximum atomic E-state index is 12.9. The van der Waals surface area contributed by atoms with E-state index in [1.165, 1.54) is 5.56 Å². The number of fused-ring (bicyclic) bond motifs is 1. The molecule has 24 heavy (non-hydrogen) atoms. The number of nitrogens with zero attached hydrogens (tertiary/aromatic N) is 3. The van der Waals surface area contributed by atoms with E-state index in [2.05, 4.69) is 27.4 Å². The van der Waals surface area contributed by atoms with Crippen LogP contribution in [0.1, 0.15) is 30.5 Å². The fourth-order valence-electron chi connectivity index (χ4n) is 3.70. The fourth-order valence-corrected chi connectivity index (χ4v) is 5.99. The molecule has 7 heteroatoms. The first-order valence-corrected chi connectivity index (χ1v) is 10.6. The summed E-state index contributed by atoms with van der Waals surface area (Å²) in [4.78, 5) is 12.9. The summed E-state index contributed by atoms with van der Waals surface area (Å²) in [6, 6.07) is 4.10. The molecule has 2 aliphatic heterocycles. The van der Waals surface area contributed by atoms with E-state index in [9.17, 15) is 4.79 Å². The highest BCUT2D eigenvalue weighted by molar-refractivity contribution is 7.99. The quantitative estimate of drug-likeness (QED) is 0.907. The van der Waals surface area contributed by atoms with E-state index in [0.29, 0.717) is 6.42 Å². The van der Waals surface area contributed by atoms with Crippen LogP contribution in [-0.2, 0) is 28.9 Å². The van der Waals surface area contributed by atoms with Gasteiger partial charge < -0.3 is 9.88 Å². The van der Waals surface area contributed by atoms with E-state index in [4.69, 9.17) is 0 Å². The number of nitrogens with one attached hydrogen (secondary N) is 1. The third-order valence-electron chi connectivity index (χ3n) is 5.04. The molecule has 5 nitrogen and oxygen atoms in total. The molecule has 4 heterocycles. The van der Waals surface area contributed by atoms with Gasteiger partial charge in [0.1, 0.15) is 5.82 Å². The Bertz CT molecular complexity index is 732. The Balaban J connectivity index is 1.54. The van der Waals surface area contributed by atoms with Crippen molar-refractivity contribution in [3.8, 4) is 0 Å². The molecule has 2 aromatic heterocycles. The summed E-state index contributed by atoms with van der Waals surface area (Å²) in [5.41, 5.74) is 2.23. The molecule has 0 unspecified atom stereocenters. The highest BCUT2D eigenvalue weighted by atomic mass is 32.2. The average molecular weight is 363 g/mol. The zero-order chi connectivity index (χ0) is 16.6. The first-order chi connectivity index (χ1) is 11.7. The number of thioether (sulfide) groups is 2. The van der Waals surface area contributed by atoms with Crippen molar-refractivity contribution in [1.82, 2.24) is 14.3 Å². The molecule has 0 aliphatic carbocycles. The zero-order valence-electron chi connectivity index (χ0n) is 13.8. The Morgan fingerprint density at radius 2 is 2.00 bits per heavy atom. The van der Waals surface area contributed by atoms with Crippen molar-refractivity contribution < 1.29 is 4.79 Å². The van der Waals surface area contributed by atoms with Crippen LogP contribution in [0.3, 0.4) is 0 Å². The van der Waals surface area contributed by atoms with Gasteiger partial charge >= 0.3 is 0 Å². The van der Waals surface area contributed by atoms with Crippen molar-refractivity contribution in [2.75, 3.05) is 16.8 Å². The van der Waals surface area contributed by atoms with Crippen LogP contribution >= 0.6 is 23.5 Å². The van der Waals surface area contributed by atoms with E-state index in [-0.39, 0.29) is 11.4 Å². The Labute approximate surface area is 150 Å². The first-order valence-electron chi connectivity index (χ1n) is 8.31. The van der Waals surface area contributed by atoms with Gasteiger partial charge in [-0.2, -0.15) is 28.6 Å². The second kappa shape index (κ2) is 6.52. The third-order valence-corrected chi connectivity index (χ3v) is 6.99. The Morgan fingerprint density at radius 3 is 2.75 bits per heavy atom. The molecule has 0 bridgehead atoms. The molecule has 128 valence electrons. The molecule has 4 rings (SSSR count). The predicted molar refractivity (Wildman–Crippen MR) is 100 cm³/mol. The van der Waals surface area contributed by atoms with E-state index in [1.807, 2.05) is 47.4 Å². The summed E-state index contributed by atoms with van der Waals surface area (Å²) in [6.07, 6.45) is 6.80. The van der Waals surface area contributed by atoms with Crippen LogP contribution in [0.2, 0.25) is 0 Å². The summed E-state index contributed by atoms with van der Waals surface area (Å²) in [5, 5.41) is 7.68. The summed E-state index contributed by atoms with van der Waals surface area (Å²) >= 11 is 3.84. The topological polar surface area (TPSA) is 51.9 Å².